The van der Waals surface area contributed by atoms with E-state index in [1.165, 1.54) is 4.90 Å². The smallest absolute Gasteiger partial charge is 0.493 e. The summed E-state index contributed by atoms with van der Waals surface area (Å²) in [5, 5.41) is 2.90. The topological polar surface area (TPSA) is 174 Å². The molecule has 4 atom stereocenters. The van der Waals surface area contributed by atoms with Crippen molar-refractivity contribution in [1.29, 1.82) is 0 Å². The number of nitrogens with one attached hydrogen (secondary N) is 1. The number of hydrogen-bond donors (Lipinski definition) is 2. The summed E-state index contributed by atoms with van der Waals surface area (Å²) >= 11 is 0. The molecule has 14 heteroatoms. The summed E-state index contributed by atoms with van der Waals surface area (Å²) in [7, 11) is 3.25. The Morgan fingerprint density at radius 3 is 2.27 bits per heavy atom. The lowest BCUT2D eigenvalue weighted by molar-refractivity contribution is -0.130. The molecule has 51 heavy (non-hydrogen) atoms. The molecule has 3 N–H and O–H groups in total. The molecule has 1 aromatic rings. The molecule has 1 aliphatic rings. The molecule has 0 radical (unpaired) electrons. The maximum absolute atomic E-state index is 13.5. The first-order valence-electron chi connectivity index (χ1n) is 17.7. The summed E-state index contributed by atoms with van der Waals surface area (Å²) < 4.78 is 38.1. The van der Waals surface area contributed by atoms with Crippen molar-refractivity contribution in [2.45, 2.75) is 99.3 Å². The van der Waals surface area contributed by atoms with Crippen molar-refractivity contribution in [3.05, 3.63) is 23.8 Å². The molecule has 14 nitrogen and oxygen atoms in total. The van der Waals surface area contributed by atoms with Gasteiger partial charge >= 0.3 is 12.2 Å². The van der Waals surface area contributed by atoms with Gasteiger partial charge in [-0.3, -0.25) is 14.5 Å². The van der Waals surface area contributed by atoms with E-state index in [1.54, 1.807) is 41.9 Å². The molecule has 1 aromatic carbocycles. The summed E-state index contributed by atoms with van der Waals surface area (Å²) in [5.41, 5.74) is 5.64. The third-order valence-corrected chi connectivity index (χ3v) is 9.15. The number of nitrogens with two attached hydrogens (primary N) is 1. The average Bonchev–Trinajstić information content (AvgIpc) is 3.45. The maximum atomic E-state index is 13.5. The second-order valence-corrected chi connectivity index (χ2v) is 14.6. The maximum Gasteiger partial charge on any atom is 0.511 e. The first kappa shape index (κ1) is 43.4. The fourth-order valence-corrected chi connectivity index (χ4v) is 5.72. The highest BCUT2D eigenvalue weighted by Crippen LogP contribution is 2.36. The van der Waals surface area contributed by atoms with Gasteiger partial charge < -0.3 is 44.2 Å². The summed E-state index contributed by atoms with van der Waals surface area (Å²) in [6, 6.07) is 5.41. The van der Waals surface area contributed by atoms with Crippen LogP contribution in [0.25, 0.3) is 0 Å². The van der Waals surface area contributed by atoms with Crippen molar-refractivity contribution in [3.8, 4) is 11.5 Å². The quantitative estimate of drug-likeness (QED) is 0.0959. The summed E-state index contributed by atoms with van der Waals surface area (Å²) in [6.07, 6.45) is -0.315. The molecular weight excluding hydrogens is 662 g/mol. The number of methoxy groups -OCH3 is 2. The predicted molar refractivity (Wildman–Crippen MR) is 190 cm³/mol. The molecule has 0 aliphatic carbocycles. The highest BCUT2D eigenvalue weighted by molar-refractivity contribution is 5.83. The number of rotatable bonds is 21. The largest absolute Gasteiger partial charge is 0.511 e. The Hall–Kier alpha value is -3.78. The molecule has 0 saturated carbocycles. The number of amides is 3. The van der Waals surface area contributed by atoms with Gasteiger partial charge in [0.15, 0.2) is 11.5 Å². The van der Waals surface area contributed by atoms with Crippen LogP contribution in [-0.2, 0) is 39.7 Å². The Morgan fingerprint density at radius 2 is 1.69 bits per heavy atom. The second kappa shape index (κ2) is 20.9. The SMILES string of the molecule is COCCCOc1cc(C[C@@H](C[C@H]2[C@H](C[C@H](C(=O)NCC(C)(C)C(N)=O)C(C)C)OCN2C(=O)OCOC(=O)OC(C)C)C(C)C)ccc1OC. The van der Waals surface area contributed by atoms with Gasteiger partial charge in [-0.2, -0.15) is 0 Å². The van der Waals surface area contributed by atoms with Crippen LogP contribution in [0.4, 0.5) is 9.59 Å². The van der Waals surface area contributed by atoms with Gasteiger partial charge in [0.25, 0.3) is 0 Å². The van der Waals surface area contributed by atoms with Crippen molar-refractivity contribution in [2.75, 3.05) is 47.5 Å². The highest BCUT2D eigenvalue weighted by Gasteiger charge is 2.43. The van der Waals surface area contributed by atoms with E-state index in [2.05, 4.69) is 19.2 Å². The van der Waals surface area contributed by atoms with E-state index in [9.17, 15) is 19.2 Å². The van der Waals surface area contributed by atoms with Crippen LogP contribution in [0.1, 0.15) is 80.2 Å². The number of hydrogen-bond acceptors (Lipinski definition) is 11. The number of nitrogens with zero attached hydrogens (tertiary/aromatic N) is 1. The van der Waals surface area contributed by atoms with Gasteiger partial charge in [-0.25, -0.2) is 9.59 Å². The van der Waals surface area contributed by atoms with Crippen LogP contribution in [0, 0.1) is 29.1 Å². The van der Waals surface area contributed by atoms with Crippen molar-refractivity contribution in [2.24, 2.45) is 34.8 Å². The van der Waals surface area contributed by atoms with Crippen molar-refractivity contribution in [1.82, 2.24) is 10.2 Å². The molecular formula is C37H61N3O11. The van der Waals surface area contributed by atoms with Crippen molar-refractivity contribution < 1.29 is 52.3 Å². The Morgan fingerprint density at radius 1 is 0.980 bits per heavy atom. The Kier molecular flexibility index (Phi) is 17.8. The van der Waals surface area contributed by atoms with Crippen LogP contribution in [0.2, 0.25) is 0 Å². The molecule has 3 amide bonds. The number of primary amides is 1. The normalized spacial score (nSPS) is 17.3. The fourth-order valence-electron chi connectivity index (χ4n) is 5.72. The van der Waals surface area contributed by atoms with Crippen LogP contribution in [-0.4, -0.2) is 94.7 Å². The van der Waals surface area contributed by atoms with Crippen LogP contribution in [0.15, 0.2) is 18.2 Å². The standard InChI is InChI=1S/C37H61N3O11/c1-23(2)27(16-26-12-13-30(46-10)32(17-26)47-15-11-14-45-9)18-29-31(19-28(24(3)4)33(41)39-20-37(7,8)34(38)42)48-21-40(29)35(43)49-22-50-36(44)51-25(5)6/h12-13,17,23-25,27-29,31H,11,14-16,18-22H2,1-10H3,(H2,38,42)(H,39,41)/t27-,28-,29-,31-/m0/s1. The van der Waals surface area contributed by atoms with Crippen LogP contribution < -0.4 is 20.5 Å². The molecule has 2 rings (SSSR count). The van der Waals surface area contributed by atoms with Crippen LogP contribution in [0.5, 0.6) is 11.5 Å². The number of carbonyl (C=O) groups is 4. The van der Waals surface area contributed by atoms with Gasteiger partial charge in [0.2, 0.25) is 18.6 Å². The molecule has 1 heterocycles. The van der Waals surface area contributed by atoms with Gasteiger partial charge in [-0.05, 0) is 82.4 Å². The zero-order valence-corrected chi connectivity index (χ0v) is 32.2. The van der Waals surface area contributed by atoms with E-state index >= 15 is 0 Å². The molecule has 0 aromatic heterocycles. The Bertz CT molecular complexity index is 1270. The van der Waals surface area contributed by atoms with Crippen LogP contribution >= 0.6 is 0 Å². The molecule has 1 saturated heterocycles. The third kappa shape index (κ3) is 14.0. The lowest BCUT2D eigenvalue weighted by Crippen LogP contribution is -2.47. The van der Waals surface area contributed by atoms with E-state index in [0.717, 1.165) is 12.0 Å². The van der Waals surface area contributed by atoms with E-state index < -0.39 is 54.5 Å². The van der Waals surface area contributed by atoms with E-state index in [-0.39, 0.29) is 36.9 Å². The van der Waals surface area contributed by atoms with Gasteiger partial charge in [0.05, 0.1) is 37.4 Å². The van der Waals surface area contributed by atoms with E-state index in [4.69, 9.17) is 38.9 Å². The lowest BCUT2D eigenvalue weighted by atomic mass is 9.80. The average molecular weight is 724 g/mol. The van der Waals surface area contributed by atoms with Gasteiger partial charge in [0, 0.05) is 32.6 Å². The molecule has 290 valence electrons. The minimum atomic E-state index is -0.948. The Balaban J connectivity index is 2.34. The zero-order valence-electron chi connectivity index (χ0n) is 32.2. The minimum Gasteiger partial charge on any atom is -0.493 e. The molecule has 1 aliphatic heterocycles. The number of carbonyl (C=O) groups excluding carboxylic acids is 4. The molecule has 0 unspecified atom stereocenters. The Labute approximate surface area is 303 Å². The molecule has 0 bridgehead atoms. The molecule has 0 spiro atoms. The third-order valence-electron chi connectivity index (χ3n) is 9.15. The van der Waals surface area contributed by atoms with Gasteiger partial charge in [0.1, 0.15) is 6.73 Å². The van der Waals surface area contributed by atoms with Crippen LogP contribution in [0.3, 0.4) is 0 Å². The lowest BCUT2D eigenvalue weighted by Gasteiger charge is -2.33. The second-order valence-electron chi connectivity index (χ2n) is 14.6. The zero-order chi connectivity index (χ0) is 38.3. The summed E-state index contributed by atoms with van der Waals surface area (Å²) in [4.78, 5) is 52.2. The first-order chi connectivity index (χ1) is 24.0. The number of ether oxygens (including phenoxy) is 7. The first-order valence-corrected chi connectivity index (χ1v) is 17.7. The van der Waals surface area contributed by atoms with Crippen molar-refractivity contribution in [3.63, 3.8) is 0 Å². The van der Waals surface area contributed by atoms with Gasteiger partial charge in [-0.1, -0.05) is 33.8 Å². The van der Waals surface area contributed by atoms with Gasteiger partial charge in [-0.15, -0.1) is 0 Å². The predicted octanol–water partition coefficient (Wildman–Crippen LogP) is 5.29. The molecule has 1 fully saturated rings. The summed E-state index contributed by atoms with van der Waals surface area (Å²) in [6.45, 7) is 15.3. The summed E-state index contributed by atoms with van der Waals surface area (Å²) in [5.74, 6) is 0.250. The highest BCUT2D eigenvalue weighted by atomic mass is 16.8. The number of benzene rings is 1. The van der Waals surface area contributed by atoms with E-state index in [1.807, 2.05) is 32.0 Å². The minimum absolute atomic E-state index is 0.0709. The monoisotopic (exact) mass is 723 g/mol. The van der Waals surface area contributed by atoms with Crippen molar-refractivity contribution >= 4 is 24.1 Å². The fraction of sp³-hybridized carbons (Fsp3) is 0.730. The van der Waals surface area contributed by atoms with E-state index in [0.29, 0.717) is 44.0 Å².